The Labute approximate surface area is 424 Å². The van der Waals surface area contributed by atoms with Gasteiger partial charge in [0.2, 0.25) is 29.5 Å². The summed E-state index contributed by atoms with van der Waals surface area (Å²) < 4.78 is 0. The van der Waals surface area contributed by atoms with Gasteiger partial charge in [-0.3, -0.25) is 28.8 Å². The summed E-state index contributed by atoms with van der Waals surface area (Å²) in [5.41, 5.74) is 14.6. The Kier molecular flexibility index (Phi) is 18.8. The topological polar surface area (TPSA) is 183 Å². The highest BCUT2D eigenvalue weighted by Gasteiger charge is 2.42. The van der Waals surface area contributed by atoms with Crippen molar-refractivity contribution in [2.75, 3.05) is 26.7 Å². The zero-order chi connectivity index (χ0) is 47.9. The highest BCUT2D eigenvalue weighted by Crippen LogP contribution is 2.47. The molecule has 2 heterocycles. The van der Waals surface area contributed by atoms with Crippen LogP contribution >= 0.6 is 24.8 Å². The summed E-state index contributed by atoms with van der Waals surface area (Å²) in [5, 5.41) is 12.2. The SMILES string of the molecule is CN[C@@H](C)C(=O)N[C@@H](CCCCCC[C@H](NC(=O)[C@H](C)CN)C(=O)N1CCC[C@H]1C(=O)CC1c2ccccc2-c2ccccc21)C(=O)N1CCC[C@H]1C(=O)NC1c2ccccc2-c2ccccc21.Cl.Cl. The minimum absolute atomic E-state index is 0. The third-order valence-corrected chi connectivity index (χ3v) is 14.8. The van der Waals surface area contributed by atoms with E-state index in [-0.39, 0.29) is 85.1 Å². The summed E-state index contributed by atoms with van der Waals surface area (Å²) in [7, 11) is 1.69. The number of carbonyl (C=O) groups is 6. The van der Waals surface area contributed by atoms with Gasteiger partial charge in [0.1, 0.15) is 18.1 Å². The molecule has 15 heteroatoms. The Morgan fingerprint density at radius 3 is 1.51 bits per heavy atom. The van der Waals surface area contributed by atoms with Crippen molar-refractivity contribution in [3.63, 3.8) is 0 Å². The van der Waals surface area contributed by atoms with Crippen LogP contribution in [0.2, 0.25) is 0 Å². The molecule has 70 heavy (non-hydrogen) atoms. The Morgan fingerprint density at radius 2 is 1.03 bits per heavy atom. The second-order valence-corrected chi connectivity index (χ2v) is 19.2. The minimum atomic E-state index is -0.832. The van der Waals surface area contributed by atoms with E-state index in [9.17, 15) is 28.8 Å². The number of ketones is 1. The Balaban J connectivity index is 0.00000402. The average molecular weight is 995 g/mol. The van der Waals surface area contributed by atoms with Gasteiger partial charge in [-0.1, -0.05) is 130 Å². The largest absolute Gasteiger partial charge is 0.344 e. The van der Waals surface area contributed by atoms with Gasteiger partial charge in [0.25, 0.3) is 0 Å². The zero-order valence-electron chi connectivity index (χ0n) is 40.5. The fourth-order valence-corrected chi connectivity index (χ4v) is 10.8. The number of hydrogen-bond acceptors (Lipinski definition) is 8. The molecule has 0 saturated carbocycles. The standard InChI is InChI=1S/C55H67N7O6.2ClH/c1-34(33-56)51(64)58-45(54(67)61-30-16-28-47(61)49(63)32-44-40-22-10-8-18-36(40)37-19-9-11-23-41(37)44)26-6-4-5-7-27-46(59-52(65)35(2)57-3)55(68)62-31-17-29-48(62)53(66)60-50-42-24-14-12-20-38(42)39-21-13-15-25-43(39)50;;/h8-15,18-25,34-35,44-48,50,57H,4-7,16-17,26-33,56H2,1-3H3,(H,58,64)(H,59,65)(H,60,66);2*1H/t34-,35+,45+,46+,47+,48+;;/m1../s1. The van der Waals surface area contributed by atoms with E-state index >= 15 is 0 Å². The van der Waals surface area contributed by atoms with Gasteiger partial charge in [0, 0.05) is 37.9 Å². The van der Waals surface area contributed by atoms with Crippen molar-refractivity contribution in [2.45, 2.75) is 127 Å². The maximum Gasteiger partial charge on any atom is 0.245 e. The van der Waals surface area contributed by atoms with Gasteiger partial charge in [-0.15, -0.1) is 24.8 Å². The van der Waals surface area contributed by atoms with Gasteiger partial charge in [0.05, 0.1) is 18.1 Å². The van der Waals surface area contributed by atoms with Crippen LogP contribution in [-0.2, 0) is 28.8 Å². The second-order valence-electron chi connectivity index (χ2n) is 19.2. The number of benzene rings is 4. The number of halogens is 2. The number of hydrogen-bond donors (Lipinski definition) is 5. The minimum Gasteiger partial charge on any atom is -0.344 e. The first-order chi connectivity index (χ1) is 33.0. The molecule has 4 aromatic rings. The molecule has 2 saturated heterocycles. The molecule has 5 amide bonds. The molecule has 13 nitrogen and oxygen atoms in total. The van der Waals surface area contributed by atoms with E-state index in [2.05, 4.69) is 57.7 Å². The second kappa shape index (κ2) is 24.5. The van der Waals surface area contributed by atoms with Gasteiger partial charge in [0.15, 0.2) is 5.78 Å². The molecular formula is C55H69Cl2N7O6. The molecule has 0 bridgehead atoms. The maximum atomic E-state index is 14.4. The van der Waals surface area contributed by atoms with Crippen LogP contribution < -0.4 is 27.0 Å². The summed E-state index contributed by atoms with van der Waals surface area (Å²) in [5.74, 6) is -1.88. The van der Waals surface area contributed by atoms with E-state index in [1.54, 1.807) is 30.7 Å². The first kappa shape index (κ1) is 53.7. The molecule has 8 rings (SSSR count). The molecule has 374 valence electrons. The molecule has 0 spiro atoms. The molecule has 6 N–H and O–H groups in total. The van der Waals surface area contributed by atoms with Crippen molar-refractivity contribution in [1.29, 1.82) is 0 Å². The average Bonchev–Trinajstić information content (AvgIpc) is 4.18. The number of rotatable bonds is 20. The number of likely N-dealkylation sites (N-methyl/N-ethyl adjacent to an activating group) is 1. The number of nitrogens with zero attached hydrogens (tertiary/aromatic N) is 2. The maximum absolute atomic E-state index is 14.4. The quantitative estimate of drug-likeness (QED) is 0.0588. The lowest BCUT2D eigenvalue weighted by atomic mass is 9.89. The summed E-state index contributed by atoms with van der Waals surface area (Å²) in [4.78, 5) is 87.0. The number of nitrogens with one attached hydrogen (secondary N) is 4. The lowest BCUT2D eigenvalue weighted by Crippen LogP contribution is -2.55. The normalized spacial score (nSPS) is 18.5. The van der Waals surface area contributed by atoms with Crippen molar-refractivity contribution in [1.82, 2.24) is 31.1 Å². The summed E-state index contributed by atoms with van der Waals surface area (Å²) in [6, 6.07) is 28.8. The molecule has 0 unspecified atom stereocenters. The number of amides is 5. The van der Waals surface area contributed by atoms with Crippen LogP contribution in [0.5, 0.6) is 0 Å². The predicted octanol–water partition coefficient (Wildman–Crippen LogP) is 6.98. The van der Waals surface area contributed by atoms with Crippen LogP contribution in [0.15, 0.2) is 97.1 Å². The molecule has 0 radical (unpaired) electrons. The van der Waals surface area contributed by atoms with Gasteiger partial charge < -0.3 is 36.8 Å². The molecule has 2 fully saturated rings. The monoisotopic (exact) mass is 993 g/mol. The van der Waals surface area contributed by atoms with Crippen molar-refractivity contribution >= 4 is 60.1 Å². The van der Waals surface area contributed by atoms with E-state index in [4.69, 9.17) is 5.73 Å². The molecule has 0 aromatic heterocycles. The third kappa shape index (κ3) is 11.4. The smallest absolute Gasteiger partial charge is 0.245 e. The third-order valence-electron chi connectivity index (χ3n) is 14.8. The molecule has 6 atom stereocenters. The summed E-state index contributed by atoms with van der Waals surface area (Å²) in [6.45, 7) is 4.46. The van der Waals surface area contributed by atoms with Gasteiger partial charge in [-0.2, -0.15) is 0 Å². The van der Waals surface area contributed by atoms with E-state index in [1.807, 2.05) is 60.7 Å². The number of fused-ring (bicyclic) bond motifs is 6. The van der Waals surface area contributed by atoms with E-state index < -0.39 is 36.1 Å². The Morgan fingerprint density at radius 1 is 0.600 bits per heavy atom. The Hall–Kier alpha value is -5.60. The van der Waals surface area contributed by atoms with Crippen molar-refractivity contribution in [3.05, 3.63) is 119 Å². The van der Waals surface area contributed by atoms with Crippen LogP contribution in [-0.4, -0.2) is 102 Å². The van der Waals surface area contributed by atoms with Gasteiger partial charge in [-0.25, -0.2) is 0 Å². The Bertz CT molecular complexity index is 2260. The van der Waals surface area contributed by atoms with Crippen LogP contribution in [0, 0.1) is 5.92 Å². The van der Waals surface area contributed by atoms with Crippen molar-refractivity contribution < 1.29 is 28.8 Å². The van der Waals surface area contributed by atoms with Crippen LogP contribution in [0.4, 0.5) is 0 Å². The first-order valence-corrected chi connectivity index (χ1v) is 24.8. The highest BCUT2D eigenvalue weighted by atomic mass is 35.5. The molecular weight excluding hydrogens is 926 g/mol. The lowest BCUT2D eigenvalue weighted by Gasteiger charge is -2.30. The van der Waals surface area contributed by atoms with Gasteiger partial charge in [-0.05, 0) is 97.0 Å². The number of carbonyl (C=O) groups excluding carboxylic acids is 6. The van der Waals surface area contributed by atoms with E-state index in [0.717, 1.165) is 44.5 Å². The van der Waals surface area contributed by atoms with Gasteiger partial charge >= 0.3 is 0 Å². The summed E-state index contributed by atoms with van der Waals surface area (Å²) in [6.07, 6.45) is 6.14. The van der Waals surface area contributed by atoms with Crippen LogP contribution in [0.1, 0.15) is 119 Å². The molecule has 4 aromatic carbocycles. The number of nitrogens with two attached hydrogens (primary N) is 1. The number of likely N-dealkylation sites (tertiary alicyclic amines) is 2. The molecule has 2 aliphatic heterocycles. The highest BCUT2D eigenvalue weighted by molar-refractivity contribution is 5.96. The van der Waals surface area contributed by atoms with Crippen molar-refractivity contribution in [2.24, 2.45) is 11.7 Å². The fourth-order valence-electron chi connectivity index (χ4n) is 10.8. The zero-order valence-corrected chi connectivity index (χ0v) is 42.1. The van der Waals surface area contributed by atoms with Crippen LogP contribution in [0.3, 0.4) is 0 Å². The van der Waals surface area contributed by atoms with Crippen LogP contribution in [0.25, 0.3) is 22.3 Å². The van der Waals surface area contributed by atoms with E-state index in [1.165, 1.54) is 0 Å². The van der Waals surface area contributed by atoms with E-state index in [0.29, 0.717) is 77.3 Å². The fraction of sp³-hybridized carbons (Fsp3) is 0.455. The molecule has 2 aliphatic carbocycles. The lowest BCUT2D eigenvalue weighted by molar-refractivity contribution is -0.142. The van der Waals surface area contributed by atoms with Crippen molar-refractivity contribution in [3.8, 4) is 22.3 Å². The first-order valence-electron chi connectivity index (χ1n) is 24.8. The summed E-state index contributed by atoms with van der Waals surface area (Å²) >= 11 is 0. The number of Topliss-reactive ketones (excluding diaryl/α,β-unsaturated/α-hetero) is 1. The molecule has 4 aliphatic rings. The number of unbranched alkanes of at least 4 members (excludes halogenated alkanes) is 3. The predicted molar refractivity (Wildman–Crippen MR) is 277 cm³/mol.